The Morgan fingerprint density at radius 2 is 1.74 bits per heavy atom. The van der Waals surface area contributed by atoms with Gasteiger partial charge in [-0.05, 0) is 40.9 Å². The van der Waals surface area contributed by atoms with Crippen molar-refractivity contribution in [1.82, 2.24) is 0 Å². The predicted octanol–water partition coefficient (Wildman–Crippen LogP) is 5.34. The summed E-state index contributed by atoms with van der Waals surface area (Å²) in [4.78, 5) is 2.18. The molecule has 3 nitrogen and oxygen atoms in total. The van der Waals surface area contributed by atoms with E-state index in [9.17, 15) is 8.78 Å². The van der Waals surface area contributed by atoms with E-state index in [1.807, 2.05) is 0 Å². The van der Waals surface area contributed by atoms with Crippen molar-refractivity contribution in [2.24, 2.45) is 11.0 Å². The molecular weight excluding hydrogens is 248 g/mol. The Bertz CT molecular complexity index is 470. The summed E-state index contributed by atoms with van der Waals surface area (Å²) in [6, 6.07) is 2.73. The van der Waals surface area contributed by atoms with Crippen LogP contribution in [0.4, 0.5) is 8.78 Å². The molecule has 1 saturated carbocycles. The van der Waals surface area contributed by atoms with Gasteiger partial charge >= 0.3 is 6.05 Å². The molecule has 2 rings (SSSR count). The fraction of sp³-hybridized carbons (Fsp3) is 0.571. The normalized spacial score (nSPS) is 23.7. The highest BCUT2D eigenvalue weighted by atomic mass is 19.3. The maximum Gasteiger partial charge on any atom is 0.351 e. The lowest BCUT2D eigenvalue weighted by Crippen LogP contribution is -2.12. The molecule has 0 amide bonds. The maximum atomic E-state index is 13.4. The molecule has 0 spiro atoms. The third kappa shape index (κ3) is 3.24. The van der Waals surface area contributed by atoms with Gasteiger partial charge in [0.15, 0.2) is 0 Å². The van der Waals surface area contributed by atoms with Gasteiger partial charge < -0.3 is 0 Å². The Labute approximate surface area is 111 Å². The largest absolute Gasteiger partial charge is 0.351 e. The SMILES string of the molecule is CC1CCC(c2ccc(C(F)(F)N=[N+]=[N-])cc2)CC1. The molecule has 1 aromatic rings. The highest BCUT2D eigenvalue weighted by molar-refractivity contribution is 5.28. The van der Waals surface area contributed by atoms with E-state index in [0.717, 1.165) is 24.3 Å². The average molecular weight is 265 g/mol. The molecule has 0 radical (unpaired) electrons. The van der Waals surface area contributed by atoms with Crippen molar-refractivity contribution in [3.63, 3.8) is 0 Å². The second-order valence-corrected chi connectivity index (χ2v) is 5.31. The van der Waals surface area contributed by atoms with Gasteiger partial charge in [0.2, 0.25) is 0 Å². The van der Waals surface area contributed by atoms with Crippen molar-refractivity contribution < 1.29 is 8.78 Å². The fourth-order valence-corrected chi connectivity index (χ4v) is 2.66. The van der Waals surface area contributed by atoms with Crippen LogP contribution in [0.2, 0.25) is 0 Å². The summed E-state index contributed by atoms with van der Waals surface area (Å²) in [5.41, 5.74) is 8.98. The zero-order chi connectivity index (χ0) is 13.9. The van der Waals surface area contributed by atoms with Gasteiger partial charge in [-0.3, -0.25) is 0 Å². The Morgan fingerprint density at radius 3 is 2.26 bits per heavy atom. The summed E-state index contributed by atoms with van der Waals surface area (Å²) in [5, 5.41) is 2.53. The van der Waals surface area contributed by atoms with Crippen molar-refractivity contribution >= 4 is 0 Å². The minimum Gasteiger partial charge on any atom is -0.195 e. The van der Waals surface area contributed by atoms with Crippen LogP contribution in [-0.2, 0) is 6.05 Å². The predicted molar refractivity (Wildman–Crippen MR) is 69.9 cm³/mol. The molecule has 0 atom stereocenters. The van der Waals surface area contributed by atoms with E-state index in [-0.39, 0.29) is 5.56 Å². The van der Waals surface area contributed by atoms with Crippen LogP contribution in [0.1, 0.15) is 49.7 Å². The van der Waals surface area contributed by atoms with Crippen molar-refractivity contribution in [3.05, 3.63) is 45.8 Å². The zero-order valence-corrected chi connectivity index (χ0v) is 10.9. The molecule has 0 saturated heterocycles. The molecule has 1 aliphatic carbocycles. The minimum atomic E-state index is -3.46. The third-order valence-electron chi connectivity index (χ3n) is 3.92. The van der Waals surface area contributed by atoms with E-state index >= 15 is 0 Å². The highest BCUT2D eigenvalue weighted by Crippen LogP contribution is 2.37. The van der Waals surface area contributed by atoms with Gasteiger partial charge in [-0.25, -0.2) is 0 Å². The van der Waals surface area contributed by atoms with Gasteiger partial charge in [0.05, 0.1) is 0 Å². The number of nitrogens with zero attached hydrogens (tertiary/aromatic N) is 3. The van der Waals surface area contributed by atoms with Crippen LogP contribution in [0, 0.1) is 5.92 Å². The van der Waals surface area contributed by atoms with Gasteiger partial charge in [-0.2, -0.15) is 8.78 Å². The van der Waals surface area contributed by atoms with E-state index in [0.29, 0.717) is 5.92 Å². The summed E-state index contributed by atoms with van der Waals surface area (Å²) >= 11 is 0. The standard InChI is InChI=1S/C14H17F2N3/c1-10-2-4-11(5-3-10)12-6-8-13(9-7-12)14(15,16)18-19-17/h6-11H,2-5H2,1H3. The Kier molecular flexibility index (Phi) is 4.05. The summed E-state index contributed by atoms with van der Waals surface area (Å²) in [6.45, 7) is 2.25. The second-order valence-electron chi connectivity index (χ2n) is 5.31. The van der Waals surface area contributed by atoms with Crippen molar-refractivity contribution in [2.75, 3.05) is 0 Å². The van der Waals surface area contributed by atoms with E-state index in [2.05, 4.69) is 16.9 Å². The number of halogens is 2. The molecule has 0 unspecified atom stereocenters. The van der Waals surface area contributed by atoms with Gasteiger partial charge in [0.25, 0.3) is 0 Å². The van der Waals surface area contributed by atoms with E-state index in [1.165, 1.54) is 25.0 Å². The van der Waals surface area contributed by atoms with Crippen LogP contribution in [0.25, 0.3) is 10.4 Å². The quantitative estimate of drug-likeness (QED) is 0.306. The van der Waals surface area contributed by atoms with E-state index in [4.69, 9.17) is 5.53 Å². The van der Waals surface area contributed by atoms with Gasteiger partial charge in [-0.1, -0.05) is 44.0 Å². The fourth-order valence-electron chi connectivity index (χ4n) is 2.66. The molecule has 0 aromatic heterocycles. The molecule has 5 heteroatoms. The van der Waals surface area contributed by atoms with Crippen molar-refractivity contribution in [3.8, 4) is 0 Å². The number of alkyl halides is 2. The molecule has 102 valence electrons. The molecule has 1 fully saturated rings. The van der Waals surface area contributed by atoms with Crippen LogP contribution >= 0.6 is 0 Å². The first-order chi connectivity index (χ1) is 9.03. The Hall–Kier alpha value is -1.61. The van der Waals surface area contributed by atoms with E-state index in [1.54, 1.807) is 12.1 Å². The zero-order valence-electron chi connectivity index (χ0n) is 10.9. The summed E-state index contributed by atoms with van der Waals surface area (Å²) in [5.74, 6) is 1.24. The summed E-state index contributed by atoms with van der Waals surface area (Å²) in [7, 11) is 0. The number of benzene rings is 1. The monoisotopic (exact) mass is 265 g/mol. The minimum absolute atomic E-state index is 0.252. The molecule has 0 bridgehead atoms. The van der Waals surface area contributed by atoms with Crippen LogP contribution in [0.5, 0.6) is 0 Å². The topological polar surface area (TPSA) is 48.8 Å². The van der Waals surface area contributed by atoms with Gasteiger partial charge in [-0.15, -0.1) is 0 Å². The first kappa shape index (κ1) is 13.8. The van der Waals surface area contributed by atoms with Crippen LogP contribution in [-0.4, -0.2) is 0 Å². The lowest BCUT2D eigenvalue weighted by atomic mass is 9.79. The van der Waals surface area contributed by atoms with Crippen LogP contribution in [0.15, 0.2) is 29.4 Å². The first-order valence-corrected chi connectivity index (χ1v) is 6.57. The number of rotatable bonds is 3. The smallest absolute Gasteiger partial charge is 0.195 e. The summed E-state index contributed by atoms with van der Waals surface area (Å²) < 4.78 is 26.7. The maximum absolute atomic E-state index is 13.4. The molecule has 0 N–H and O–H groups in total. The van der Waals surface area contributed by atoms with Gasteiger partial charge in [0.1, 0.15) is 0 Å². The number of hydrogen-bond acceptors (Lipinski definition) is 1. The molecule has 1 aromatic carbocycles. The van der Waals surface area contributed by atoms with E-state index < -0.39 is 6.05 Å². The van der Waals surface area contributed by atoms with Crippen molar-refractivity contribution in [1.29, 1.82) is 0 Å². The molecule has 0 aliphatic heterocycles. The molecule has 0 heterocycles. The first-order valence-electron chi connectivity index (χ1n) is 6.57. The van der Waals surface area contributed by atoms with Crippen molar-refractivity contribution in [2.45, 2.75) is 44.6 Å². The van der Waals surface area contributed by atoms with Gasteiger partial charge in [0, 0.05) is 10.5 Å². The van der Waals surface area contributed by atoms with Crippen LogP contribution in [0.3, 0.4) is 0 Å². The van der Waals surface area contributed by atoms with Crippen LogP contribution < -0.4 is 0 Å². The number of hydrogen-bond donors (Lipinski definition) is 0. The summed E-state index contributed by atoms with van der Waals surface area (Å²) in [6.07, 6.45) is 4.63. The second kappa shape index (κ2) is 5.57. The Balaban J connectivity index is 2.12. The molecular formula is C14H17F2N3. The average Bonchev–Trinajstić information content (AvgIpc) is 2.40. The Morgan fingerprint density at radius 1 is 1.16 bits per heavy atom. The molecule has 19 heavy (non-hydrogen) atoms. The number of azide groups is 1. The highest BCUT2D eigenvalue weighted by Gasteiger charge is 2.30. The molecule has 1 aliphatic rings. The third-order valence-corrected chi connectivity index (χ3v) is 3.92. The lowest BCUT2D eigenvalue weighted by molar-refractivity contribution is 0.00358. The lowest BCUT2D eigenvalue weighted by Gasteiger charge is -2.26.